The van der Waals surface area contributed by atoms with Crippen molar-refractivity contribution < 1.29 is 38.1 Å². The van der Waals surface area contributed by atoms with E-state index in [1.165, 1.54) is 70.6 Å². The van der Waals surface area contributed by atoms with Gasteiger partial charge in [-0.25, -0.2) is 0 Å². The number of nitrogens with one attached hydrogen (secondary N) is 4. The van der Waals surface area contributed by atoms with Crippen molar-refractivity contribution in [2.45, 2.75) is 142 Å². The van der Waals surface area contributed by atoms with E-state index >= 15 is 0 Å². The minimum absolute atomic E-state index is 0.0292. The summed E-state index contributed by atoms with van der Waals surface area (Å²) in [6.07, 6.45) is 19.6. The highest BCUT2D eigenvalue weighted by molar-refractivity contribution is 8.00. The number of unbranched alkanes of at least 4 members (excludes halogenated alkanes) is 13. The predicted molar refractivity (Wildman–Crippen MR) is 212 cm³/mol. The van der Waals surface area contributed by atoms with Crippen LogP contribution in [-0.2, 0) is 38.1 Å². The van der Waals surface area contributed by atoms with Crippen molar-refractivity contribution in [3.8, 4) is 0 Å². The van der Waals surface area contributed by atoms with Crippen molar-refractivity contribution in [3.63, 3.8) is 0 Å². The Kier molecular flexibility index (Phi) is 38.8. The van der Waals surface area contributed by atoms with E-state index in [4.69, 9.17) is 18.9 Å². The van der Waals surface area contributed by atoms with Crippen molar-refractivity contribution in [2.75, 3.05) is 84.8 Å². The Morgan fingerprint density at radius 2 is 0.788 bits per heavy atom. The van der Waals surface area contributed by atoms with Crippen LogP contribution in [0.15, 0.2) is 0 Å². The van der Waals surface area contributed by atoms with E-state index in [0.29, 0.717) is 103 Å². The van der Waals surface area contributed by atoms with E-state index < -0.39 is 0 Å². The zero-order valence-electron chi connectivity index (χ0n) is 33.2. The summed E-state index contributed by atoms with van der Waals surface area (Å²) in [6, 6.07) is 0. The maximum absolute atomic E-state index is 12.0. The Labute approximate surface area is 320 Å². The molecule has 0 aromatic rings. The largest absolute Gasteiger partial charge is 0.379 e. The molecule has 0 saturated heterocycles. The topological polar surface area (TPSA) is 153 Å². The molecule has 0 spiro atoms. The zero-order chi connectivity index (χ0) is 38.2. The molecule has 0 aliphatic rings. The average Bonchev–Trinajstić information content (AvgIpc) is 3.12. The van der Waals surface area contributed by atoms with Gasteiger partial charge < -0.3 is 40.2 Å². The van der Waals surface area contributed by atoms with Crippen molar-refractivity contribution in [1.29, 1.82) is 0 Å². The fourth-order valence-corrected chi connectivity index (χ4v) is 5.68. The van der Waals surface area contributed by atoms with Crippen LogP contribution in [0.4, 0.5) is 0 Å². The molecule has 0 aromatic heterocycles. The summed E-state index contributed by atoms with van der Waals surface area (Å²) < 4.78 is 21.9. The van der Waals surface area contributed by atoms with Gasteiger partial charge in [0.15, 0.2) is 0 Å². The van der Waals surface area contributed by atoms with Crippen LogP contribution in [0.2, 0.25) is 0 Å². The van der Waals surface area contributed by atoms with Gasteiger partial charge in [0.25, 0.3) is 0 Å². The van der Waals surface area contributed by atoms with Crippen LogP contribution >= 0.6 is 11.8 Å². The molecule has 4 amide bonds. The maximum atomic E-state index is 12.0. The number of rotatable bonds is 40. The number of thioether (sulfide) groups is 1. The molecule has 306 valence electrons. The van der Waals surface area contributed by atoms with Gasteiger partial charge in [0.1, 0.15) is 0 Å². The van der Waals surface area contributed by atoms with Gasteiger partial charge in [-0.05, 0) is 24.5 Å². The number of carbonyl (C=O) groups excluding carboxylic acids is 4. The summed E-state index contributed by atoms with van der Waals surface area (Å²) >= 11 is 1.61. The summed E-state index contributed by atoms with van der Waals surface area (Å²) in [5.41, 5.74) is 0. The lowest BCUT2D eigenvalue weighted by atomic mass is 10.0. The molecule has 0 aliphatic heterocycles. The van der Waals surface area contributed by atoms with Crippen LogP contribution in [0, 0.1) is 0 Å². The first-order valence-corrected chi connectivity index (χ1v) is 21.4. The lowest BCUT2D eigenvalue weighted by Crippen LogP contribution is -2.29. The van der Waals surface area contributed by atoms with E-state index in [9.17, 15) is 19.2 Å². The number of ether oxygens (including phenoxy) is 4. The third kappa shape index (κ3) is 40.8. The van der Waals surface area contributed by atoms with Gasteiger partial charge in [-0.2, -0.15) is 0 Å². The molecule has 0 unspecified atom stereocenters. The van der Waals surface area contributed by atoms with Crippen LogP contribution in [0.5, 0.6) is 0 Å². The Morgan fingerprint density at radius 3 is 1.23 bits per heavy atom. The minimum Gasteiger partial charge on any atom is -0.379 e. The van der Waals surface area contributed by atoms with Crippen molar-refractivity contribution in [1.82, 2.24) is 21.3 Å². The first-order valence-electron chi connectivity index (χ1n) is 20.3. The quantitative estimate of drug-likeness (QED) is 0.0577. The summed E-state index contributed by atoms with van der Waals surface area (Å²) in [5.74, 6) is 0.465. The number of hydrogen-bond acceptors (Lipinski definition) is 9. The van der Waals surface area contributed by atoms with E-state index in [2.05, 4.69) is 42.0 Å². The van der Waals surface area contributed by atoms with Gasteiger partial charge in [-0.1, -0.05) is 97.8 Å². The summed E-state index contributed by atoms with van der Waals surface area (Å²) in [4.78, 5) is 47.5. The van der Waals surface area contributed by atoms with Crippen LogP contribution in [0.3, 0.4) is 0 Å². The molecule has 52 heavy (non-hydrogen) atoms. The molecule has 0 rings (SSSR count). The monoisotopic (exact) mass is 761 g/mol. The predicted octanol–water partition coefficient (Wildman–Crippen LogP) is 5.70. The van der Waals surface area contributed by atoms with Gasteiger partial charge in [0.05, 0.1) is 58.6 Å². The molecular formula is C39H76N4O8S. The van der Waals surface area contributed by atoms with E-state index in [0.717, 1.165) is 25.7 Å². The van der Waals surface area contributed by atoms with Gasteiger partial charge in [0.2, 0.25) is 23.6 Å². The molecule has 0 aromatic carbocycles. The second kappa shape index (κ2) is 40.3. The first kappa shape index (κ1) is 50.1. The first-order chi connectivity index (χ1) is 25.3. The highest BCUT2D eigenvalue weighted by Crippen LogP contribution is 2.13. The number of carbonyl (C=O) groups is 4. The van der Waals surface area contributed by atoms with Crippen molar-refractivity contribution in [2.24, 2.45) is 0 Å². The fraction of sp³-hybridized carbons (Fsp3) is 0.897. The fourth-order valence-electron chi connectivity index (χ4n) is 5.10. The Morgan fingerprint density at radius 1 is 0.423 bits per heavy atom. The molecule has 0 bridgehead atoms. The second-order valence-electron chi connectivity index (χ2n) is 13.4. The smallest absolute Gasteiger partial charge is 0.230 e. The maximum Gasteiger partial charge on any atom is 0.230 e. The molecule has 0 fully saturated rings. The average molecular weight is 761 g/mol. The van der Waals surface area contributed by atoms with Crippen molar-refractivity contribution in [3.05, 3.63) is 0 Å². The van der Waals surface area contributed by atoms with E-state index in [1.54, 1.807) is 11.8 Å². The van der Waals surface area contributed by atoms with Crippen LogP contribution < -0.4 is 21.3 Å². The number of hydrogen-bond donors (Lipinski definition) is 4. The number of amides is 4. The molecular weight excluding hydrogens is 685 g/mol. The highest BCUT2D eigenvalue weighted by Gasteiger charge is 2.05. The van der Waals surface area contributed by atoms with Crippen molar-refractivity contribution >= 4 is 35.4 Å². The Bertz CT molecular complexity index is 853. The molecule has 12 nitrogen and oxygen atoms in total. The summed E-state index contributed by atoms with van der Waals surface area (Å²) in [7, 11) is 0. The van der Waals surface area contributed by atoms with Gasteiger partial charge in [-0.15, -0.1) is 11.8 Å². The minimum atomic E-state index is -0.106. The molecule has 0 radical (unpaired) electrons. The highest BCUT2D eigenvalue weighted by atomic mass is 32.2. The van der Waals surface area contributed by atoms with Crippen LogP contribution in [-0.4, -0.2) is 114 Å². The molecule has 0 aliphatic carbocycles. The summed E-state index contributed by atoms with van der Waals surface area (Å²) in [6.45, 7) is 11.5. The Hall–Kier alpha value is -1.93. The molecule has 13 heteroatoms. The molecule has 0 atom stereocenters. The molecule has 4 N–H and O–H groups in total. The molecule has 0 heterocycles. The van der Waals surface area contributed by atoms with Gasteiger partial charge >= 0.3 is 0 Å². The third-order valence-corrected chi connectivity index (χ3v) is 9.23. The van der Waals surface area contributed by atoms with E-state index in [-0.39, 0.29) is 30.0 Å². The molecule has 0 saturated carbocycles. The summed E-state index contributed by atoms with van der Waals surface area (Å²) in [5, 5.41) is 11.8. The lowest BCUT2D eigenvalue weighted by molar-refractivity contribution is -0.123. The standard InChI is InChI=1S/C39H76N4O8S/c1-4-5-6-7-8-9-10-11-12-13-14-15-16-19-36(44)41-23-28-50-32-33-51-29-25-43-38(46)21-26-48-30-31-49-27-24-42-37(45)20-17-18-22-40-39(47)34-52-35(2)3/h35H,4-34H2,1-3H3,(H,40,47)(H,41,44)(H,42,45)(H,43,46). The third-order valence-electron chi connectivity index (χ3n) is 8.13. The Balaban J connectivity index is 3.33. The van der Waals surface area contributed by atoms with Crippen LogP contribution in [0.1, 0.15) is 136 Å². The van der Waals surface area contributed by atoms with Gasteiger partial charge in [0, 0.05) is 45.4 Å². The van der Waals surface area contributed by atoms with Crippen LogP contribution in [0.25, 0.3) is 0 Å². The normalized spacial score (nSPS) is 11.2. The lowest BCUT2D eigenvalue weighted by Gasteiger charge is -2.09. The second-order valence-corrected chi connectivity index (χ2v) is 15.0. The zero-order valence-corrected chi connectivity index (χ0v) is 34.0. The SMILES string of the molecule is CCCCCCCCCCCCCCCC(=O)NCCOCCOCCNC(=O)CCOCCOCCNC(=O)CCCCNC(=O)CSC(C)C. The van der Waals surface area contributed by atoms with Gasteiger partial charge in [-0.3, -0.25) is 19.2 Å². The van der Waals surface area contributed by atoms with E-state index in [1.807, 2.05) is 0 Å².